The Kier molecular flexibility index (Phi) is 10.2. The molecule has 4 rings (SSSR count). The Morgan fingerprint density at radius 1 is 0.780 bits per heavy atom. The van der Waals surface area contributed by atoms with E-state index in [2.05, 4.69) is 16.0 Å². The van der Waals surface area contributed by atoms with Crippen LogP contribution in [0.3, 0.4) is 0 Å². The van der Waals surface area contributed by atoms with E-state index in [1.54, 1.807) is 6.21 Å². The molecule has 0 saturated carbocycles. The first-order chi connectivity index (χ1) is 19.4. The van der Waals surface area contributed by atoms with Gasteiger partial charge in [-0.2, -0.15) is 5.10 Å². The second-order valence-corrected chi connectivity index (χ2v) is 10.5. The van der Waals surface area contributed by atoms with Crippen molar-refractivity contribution in [3.8, 4) is 0 Å². The molecule has 0 aliphatic heterocycles. The minimum Gasteiger partial charge on any atom is -0.310 e. The number of fused-ring (bicyclic) bond motifs is 1. The third kappa shape index (κ3) is 7.48. The van der Waals surface area contributed by atoms with Crippen LogP contribution < -0.4 is 39.2 Å². The Hall–Kier alpha value is -4.71. The van der Waals surface area contributed by atoms with E-state index in [0.717, 1.165) is 25.5 Å². The second kappa shape index (κ2) is 13.6. The van der Waals surface area contributed by atoms with Gasteiger partial charge in [0.05, 0.1) is 6.21 Å². The molecule has 0 spiro atoms. The summed E-state index contributed by atoms with van der Waals surface area (Å²) in [7, 11) is 2.92. The number of hydrazone groups is 1. The van der Waals surface area contributed by atoms with Crippen LogP contribution in [0.5, 0.6) is 0 Å². The summed E-state index contributed by atoms with van der Waals surface area (Å²) >= 11 is 0. The van der Waals surface area contributed by atoms with Crippen LogP contribution in [0.15, 0.2) is 78.9 Å². The van der Waals surface area contributed by atoms with Crippen molar-refractivity contribution in [2.75, 3.05) is 10.9 Å². The molecule has 0 bridgehead atoms. The van der Waals surface area contributed by atoms with Gasteiger partial charge in [0, 0.05) is 44.9 Å². The van der Waals surface area contributed by atoms with Gasteiger partial charge in [0.25, 0.3) is 11.1 Å². The van der Waals surface area contributed by atoms with Crippen molar-refractivity contribution >= 4 is 28.6 Å². The van der Waals surface area contributed by atoms with Gasteiger partial charge in [0.15, 0.2) is 0 Å². The zero-order chi connectivity index (χ0) is 30.3. The van der Waals surface area contributed by atoms with Gasteiger partial charge in [-0.05, 0) is 22.6 Å². The van der Waals surface area contributed by atoms with Crippen LogP contribution in [-0.2, 0) is 27.2 Å². The molecular weight excluding hydrogens is 524 g/mol. The lowest BCUT2D eigenvalue weighted by molar-refractivity contribution is 0.492. The topological polar surface area (TPSA) is 150 Å². The molecule has 2 aromatic carbocycles. The maximum Gasteiger partial charge on any atom is 0.332 e. The zero-order valence-electron chi connectivity index (χ0n) is 24.3. The summed E-state index contributed by atoms with van der Waals surface area (Å²) in [6, 6.07) is 16.7. The van der Waals surface area contributed by atoms with E-state index in [-0.39, 0.29) is 28.4 Å². The summed E-state index contributed by atoms with van der Waals surface area (Å²) in [6.07, 6.45) is 1.70. The number of anilines is 2. The van der Waals surface area contributed by atoms with Crippen LogP contribution in [0.4, 0.5) is 11.6 Å². The molecule has 4 aromatic rings. The van der Waals surface area contributed by atoms with Crippen LogP contribution >= 0.6 is 0 Å². The van der Waals surface area contributed by atoms with E-state index in [9.17, 15) is 19.2 Å². The van der Waals surface area contributed by atoms with Gasteiger partial charge in [-0.25, -0.2) is 15.4 Å². The van der Waals surface area contributed by atoms with Gasteiger partial charge >= 0.3 is 11.4 Å². The first-order valence-electron chi connectivity index (χ1n) is 13.3. The third-order valence-corrected chi connectivity index (χ3v) is 6.25. The molecule has 218 valence electrons. The highest BCUT2D eigenvalue weighted by Gasteiger charge is 2.11. The number of nitrogens with zero attached hydrogens (tertiary/aromatic N) is 5. The van der Waals surface area contributed by atoms with Crippen LogP contribution in [0.1, 0.15) is 33.3 Å². The molecule has 0 fully saturated rings. The van der Waals surface area contributed by atoms with Crippen LogP contribution in [0.2, 0.25) is 0 Å². The first-order valence-corrected chi connectivity index (χ1v) is 13.3. The van der Waals surface area contributed by atoms with Gasteiger partial charge in [-0.15, -0.1) is 0 Å². The number of aromatic nitrogens is 4. The SMILES string of the molecule is CC(C)Cn1c(N/N=C/c2cccc3ccccc23)cc(=O)n(C)c1=O.CC(C)Cn1c(NN)cc(=O)n(C)c1=O. The monoisotopic (exact) mass is 562 g/mol. The van der Waals surface area contributed by atoms with E-state index in [0.29, 0.717) is 30.6 Å². The molecular formula is C29H38N8O4. The van der Waals surface area contributed by atoms with E-state index in [1.807, 2.05) is 70.2 Å². The molecule has 0 radical (unpaired) electrons. The number of nitrogens with one attached hydrogen (secondary N) is 2. The standard InChI is InChI=1S/C20H22N4O2.C9H16N4O2/c1-14(2)13-24-18(11-19(25)23(3)20(24)26)22-21-12-16-9-6-8-15-7-4-5-10-17(15)16;1-6(2)5-13-7(11-10)4-8(14)12(3)9(13)15/h4-12,14,22H,13H2,1-3H3;4,6,11H,5,10H2,1-3H3/b21-12+;. The maximum absolute atomic E-state index is 12.4. The fourth-order valence-corrected chi connectivity index (χ4v) is 4.17. The van der Waals surface area contributed by atoms with Crippen molar-refractivity contribution in [3.63, 3.8) is 0 Å². The van der Waals surface area contributed by atoms with Crippen molar-refractivity contribution in [1.82, 2.24) is 18.3 Å². The van der Waals surface area contributed by atoms with E-state index in [1.165, 1.54) is 35.4 Å². The first kappa shape index (κ1) is 30.8. The van der Waals surface area contributed by atoms with Crippen LogP contribution in [0.25, 0.3) is 10.8 Å². The number of hydrazine groups is 1. The molecule has 41 heavy (non-hydrogen) atoms. The Bertz CT molecular complexity index is 1770. The Morgan fingerprint density at radius 2 is 1.29 bits per heavy atom. The molecule has 0 aliphatic rings. The van der Waals surface area contributed by atoms with Crippen molar-refractivity contribution in [3.05, 3.63) is 102 Å². The molecule has 0 atom stereocenters. The van der Waals surface area contributed by atoms with Gasteiger partial charge in [0.1, 0.15) is 11.6 Å². The van der Waals surface area contributed by atoms with Crippen molar-refractivity contribution in [2.24, 2.45) is 36.9 Å². The molecule has 2 heterocycles. The molecule has 2 aromatic heterocycles. The minimum atomic E-state index is -0.368. The summed E-state index contributed by atoms with van der Waals surface area (Å²) in [5.74, 6) is 6.55. The van der Waals surface area contributed by atoms with Gasteiger partial charge in [0.2, 0.25) is 0 Å². The summed E-state index contributed by atoms with van der Waals surface area (Å²) in [5, 5.41) is 6.47. The fraction of sp³-hybridized carbons (Fsp3) is 0.345. The van der Waals surface area contributed by atoms with E-state index in [4.69, 9.17) is 5.84 Å². The predicted molar refractivity (Wildman–Crippen MR) is 165 cm³/mol. The maximum atomic E-state index is 12.4. The lowest BCUT2D eigenvalue weighted by atomic mass is 10.1. The molecule has 0 saturated heterocycles. The Balaban J connectivity index is 0.000000263. The van der Waals surface area contributed by atoms with Gasteiger partial charge in [-0.1, -0.05) is 70.2 Å². The zero-order valence-corrected chi connectivity index (χ0v) is 24.3. The molecule has 0 unspecified atom stereocenters. The summed E-state index contributed by atoms with van der Waals surface area (Å²) in [4.78, 5) is 47.4. The van der Waals surface area contributed by atoms with Crippen LogP contribution in [-0.4, -0.2) is 24.5 Å². The highest BCUT2D eigenvalue weighted by atomic mass is 16.2. The van der Waals surface area contributed by atoms with Crippen molar-refractivity contribution in [2.45, 2.75) is 40.8 Å². The molecule has 4 N–H and O–H groups in total. The number of nitrogen functional groups attached to an aromatic ring is 1. The van der Waals surface area contributed by atoms with Gasteiger partial charge in [-0.3, -0.25) is 33.3 Å². The smallest absolute Gasteiger partial charge is 0.310 e. The van der Waals surface area contributed by atoms with Crippen molar-refractivity contribution < 1.29 is 0 Å². The number of hydrogen-bond donors (Lipinski definition) is 3. The predicted octanol–water partition coefficient (Wildman–Crippen LogP) is 2.29. The third-order valence-electron chi connectivity index (χ3n) is 6.25. The summed E-state index contributed by atoms with van der Waals surface area (Å²) < 4.78 is 5.14. The quantitative estimate of drug-likeness (QED) is 0.169. The van der Waals surface area contributed by atoms with Gasteiger partial charge < -0.3 is 5.43 Å². The lowest BCUT2D eigenvalue weighted by Crippen LogP contribution is -2.40. The highest BCUT2D eigenvalue weighted by molar-refractivity contribution is 5.99. The number of benzene rings is 2. The Labute approximate surface area is 237 Å². The lowest BCUT2D eigenvalue weighted by Gasteiger charge is -2.14. The number of hydrogen-bond acceptors (Lipinski definition) is 8. The van der Waals surface area contributed by atoms with E-state index < -0.39 is 0 Å². The Morgan fingerprint density at radius 3 is 1.85 bits per heavy atom. The average molecular weight is 563 g/mol. The summed E-state index contributed by atoms with van der Waals surface area (Å²) in [5.41, 5.74) is 4.73. The largest absolute Gasteiger partial charge is 0.332 e. The normalized spacial score (nSPS) is 11.2. The minimum absolute atomic E-state index is 0.257. The molecule has 12 nitrogen and oxygen atoms in total. The fourth-order valence-electron chi connectivity index (χ4n) is 4.17. The number of nitrogens with two attached hydrogens (primary N) is 1. The molecule has 12 heteroatoms. The van der Waals surface area contributed by atoms with Crippen LogP contribution in [0, 0.1) is 11.8 Å². The molecule has 0 amide bonds. The van der Waals surface area contributed by atoms with Crippen molar-refractivity contribution in [1.29, 1.82) is 0 Å². The molecule has 0 aliphatic carbocycles. The average Bonchev–Trinajstić information content (AvgIpc) is 2.94. The second-order valence-electron chi connectivity index (χ2n) is 10.5. The highest BCUT2D eigenvalue weighted by Crippen LogP contribution is 2.17. The van der Waals surface area contributed by atoms with E-state index >= 15 is 0 Å². The number of rotatable bonds is 8. The summed E-state index contributed by atoms with van der Waals surface area (Å²) in [6.45, 7) is 9.02.